The van der Waals surface area contributed by atoms with E-state index in [1.54, 1.807) is 18.6 Å². The van der Waals surface area contributed by atoms with E-state index in [1.165, 1.54) is 0 Å². The lowest BCUT2D eigenvalue weighted by atomic mass is 9.77. The molecular formula is C20H28N4O2. The molecule has 3 heterocycles. The van der Waals surface area contributed by atoms with Gasteiger partial charge >= 0.3 is 0 Å². The van der Waals surface area contributed by atoms with Gasteiger partial charge in [-0.15, -0.1) is 0 Å². The normalized spacial score (nSPS) is 28.8. The first-order valence-corrected chi connectivity index (χ1v) is 9.72. The van der Waals surface area contributed by atoms with Crippen molar-refractivity contribution >= 4 is 5.82 Å². The number of fused-ring (bicyclic) bond motifs is 1. The van der Waals surface area contributed by atoms with Crippen molar-refractivity contribution < 1.29 is 9.52 Å². The Balaban J connectivity index is 1.34. The number of hydrogen-bond acceptors (Lipinski definition) is 6. The summed E-state index contributed by atoms with van der Waals surface area (Å²) in [6.45, 7) is 5.16. The van der Waals surface area contributed by atoms with Crippen molar-refractivity contribution in [2.24, 2.45) is 11.8 Å². The maximum Gasteiger partial charge on any atom is 0.144 e. The van der Waals surface area contributed by atoms with Crippen LogP contribution in [0.2, 0.25) is 0 Å². The van der Waals surface area contributed by atoms with Gasteiger partial charge in [-0.05, 0) is 43.2 Å². The fourth-order valence-corrected chi connectivity index (χ4v) is 4.48. The van der Waals surface area contributed by atoms with Crippen molar-refractivity contribution in [3.63, 3.8) is 0 Å². The third-order valence-corrected chi connectivity index (χ3v) is 5.71. The Morgan fingerprint density at radius 1 is 1.19 bits per heavy atom. The van der Waals surface area contributed by atoms with E-state index in [1.807, 2.05) is 0 Å². The summed E-state index contributed by atoms with van der Waals surface area (Å²) in [4.78, 5) is 10.8. The van der Waals surface area contributed by atoms with E-state index in [-0.39, 0.29) is 12.1 Å². The number of aliphatic hydroxyl groups is 1. The lowest BCUT2D eigenvalue weighted by Gasteiger charge is -2.35. The zero-order valence-electron chi connectivity index (χ0n) is 15.3. The molecule has 0 spiro atoms. The van der Waals surface area contributed by atoms with Crippen LogP contribution in [-0.4, -0.2) is 45.2 Å². The second-order valence-corrected chi connectivity index (χ2v) is 7.71. The first-order chi connectivity index (χ1) is 12.7. The Hall–Kier alpha value is -1.92. The lowest BCUT2D eigenvalue weighted by molar-refractivity contribution is 0.0735. The molecule has 4 rings (SSSR count). The lowest BCUT2D eigenvalue weighted by Crippen LogP contribution is -2.43. The first-order valence-electron chi connectivity index (χ1n) is 9.72. The third kappa shape index (κ3) is 3.91. The standard InChI is InChI=1S/C20H28N4O2/c1-2-3-16-4-5-17(26-16)13-24-11-14-8-18(19(25)9-15(14)12-24)23-20-10-21-6-7-22-20/h4-7,10,14-15,18-19,25H,2-3,8-9,11-13H2,1H3,(H,22,23)/t14-,15+,18-,19-/m1/s1. The number of hydrogen-bond donors (Lipinski definition) is 2. The molecule has 1 aliphatic heterocycles. The van der Waals surface area contributed by atoms with Gasteiger partial charge in [0.1, 0.15) is 17.3 Å². The first kappa shape index (κ1) is 17.5. The van der Waals surface area contributed by atoms with Crippen molar-refractivity contribution in [3.05, 3.63) is 42.2 Å². The van der Waals surface area contributed by atoms with Crippen LogP contribution < -0.4 is 5.32 Å². The molecule has 4 atom stereocenters. The fourth-order valence-electron chi connectivity index (χ4n) is 4.48. The van der Waals surface area contributed by atoms with Gasteiger partial charge in [0.05, 0.1) is 24.9 Å². The summed E-state index contributed by atoms with van der Waals surface area (Å²) in [6.07, 6.45) is 8.65. The highest BCUT2D eigenvalue weighted by Gasteiger charge is 2.41. The minimum atomic E-state index is -0.335. The highest BCUT2D eigenvalue weighted by molar-refractivity contribution is 5.32. The molecule has 0 radical (unpaired) electrons. The van der Waals surface area contributed by atoms with Gasteiger partial charge in [0.25, 0.3) is 0 Å². The zero-order chi connectivity index (χ0) is 17.9. The van der Waals surface area contributed by atoms with E-state index < -0.39 is 0 Å². The Labute approximate surface area is 154 Å². The van der Waals surface area contributed by atoms with E-state index in [4.69, 9.17) is 4.42 Å². The molecular weight excluding hydrogens is 328 g/mol. The van der Waals surface area contributed by atoms with E-state index in [9.17, 15) is 5.11 Å². The SMILES string of the molecule is CCCc1ccc(CN2C[C@H]3C[C@@H](Nc4cnccn4)[C@H](O)C[C@H]3C2)o1. The summed E-state index contributed by atoms with van der Waals surface area (Å²) in [7, 11) is 0. The van der Waals surface area contributed by atoms with Gasteiger partial charge in [0.15, 0.2) is 0 Å². The van der Waals surface area contributed by atoms with Crippen LogP contribution in [0.1, 0.15) is 37.7 Å². The average molecular weight is 356 g/mol. The summed E-state index contributed by atoms with van der Waals surface area (Å²) >= 11 is 0. The third-order valence-electron chi connectivity index (χ3n) is 5.71. The van der Waals surface area contributed by atoms with Crippen LogP contribution >= 0.6 is 0 Å². The largest absolute Gasteiger partial charge is 0.465 e. The van der Waals surface area contributed by atoms with Crippen molar-refractivity contribution in [3.8, 4) is 0 Å². The molecule has 6 heteroatoms. The molecule has 0 bridgehead atoms. The van der Waals surface area contributed by atoms with E-state index >= 15 is 0 Å². The van der Waals surface area contributed by atoms with Crippen LogP contribution in [-0.2, 0) is 13.0 Å². The summed E-state index contributed by atoms with van der Waals surface area (Å²) in [6, 6.07) is 4.26. The maximum atomic E-state index is 10.6. The number of aromatic nitrogens is 2. The molecule has 1 saturated heterocycles. The van der Waals surface area contributed by atoms with Gasteiger partial charge in [-0.3, -0.25) is 9.88 Å². The average Bonchev–Trinajstić information content (AvgIpc) is 3.23. The predicted octanol–water partition coefficient (Wildman–Crippen LogP) is 2.71. The van der Waals surface area contributed by atoms with Gasteiger partial charge in [-0.2, -0.15) is 0 Å². The number of likely N-dealkylation sites (tertiary alicyclic amines) is 1. The Morgan fingerprint density at radius 3 is 2.77 bits per heavy atom. The van der Waals surface area contributed by atoms with Gasteiger partial charge < -0.3 is 14.8 Å². The Morgan fingerprint density at radius 2 is 2.00 bits per heavy atom. The number of rotatable bonds is 6. The number of nitrogens with zero attached hydrogens (tertiary/aromatic N) is 3. The monoisotopic (exact) mass is 356 g/mol. The van der Waals surface area contributed by atoms with Gasteiger partial charge in [-0.1, -0.05) is 6.92 Å². The van der Waals surface area contributed by atoms with E-state index in [0.29, 0.717) is 11.8 Å². The number of furan rings is 1. The minimum absolute atomic E-state index is 0.0488. The number of nitrogens with one attached hydrogen (secondary N) is 1. The fraction of sp³-hybridized carbons (Fsp3) is 0.600. The molecule has 2 aromatic rings. The van der Waals surface area contributed by atoms with Crippen molar-refractivity contribution in [2.45, 2.75) is 51.3 Å². The second-order valence-electron chi connectivity index (χ2n) is 7.71. The quantitative estimate of drug-likeness (QED) is 0.829. The predicted molar refractivity (Wildman–Crippen MR) is 99.6 cm³/mol. The molecule has 2 fully saturated rings. The molecule has 0 unspecified atom stereocenters. The molecule has 6 nitrogen and oxygen atoms in total. The molecule has 1 aliphatic carbocycles. The number of anilines is 1. The van der Waals surface area contributed by atoms with Crippen LogP contribution in [0.5, 0.6) is 0 Å². The number of aliphatic hydroxyl groups excluding tert-OH is 1. The summed E-state index contributed by atoms with van der Waals surface area (Å²) in [5.41, 5.74) is 0. The van der Waals surface area contributed by atoms with Crippen LogP contribution in [0.15, 0.2) is 35.1 Å². The Bertz CT molecular complexity index is 705. The smallest absolute Gasteiger partial charge is 0.144 e. The van der Waals surface area contributed by atoms with Crippen LogP contribution in [0.3, 0.4) is 0 Å². The minimum Gasteiger partial charge on any atom is -0.465 e. The van der Waals surface area contributed by atoms with Crippen LogP contribution in [0, 0.1) is 11.8 Å². The van der Waals surface area contributed by atoms with Gasteiger partial charge in [0.2, 0.25) is 0 Å². The van der Waals surface area contributed by atoms with E-state index in [2.05, 4.69) is 39.2 Å². The molecule has 2 N–H and O–H groups in total. The maximum absolute atomic E-state index is 10.6. The molecule has 140 valence electrons. The van der Waals surface area contributed by atoms with Crippen molar-refractivity contribution in [2.75, 3.05) is 18.4 Å². The van der Waals surface area contributed by atoms with Crippen LogP contribution in [0.25, 0.3) is 0 Å². The van der Waals surface area contributed by atoms with Crippen molar-refractivity contribution in [1.82, 2.24) is 14.9 Å². The molecule has 0 amide bonds. The highest BCUT2D eigenvalue weighted by Crippen LogP contribution is 2.38. The van der Waals surface area contributed by atoms with Gasteiger partial charge in [-0.25, -0.2) is 4.98 Å². The summed E-state index contributed by atoms with van der Waals surface area (Å²) in [5, 5.41) is 13.9. The molecule has 0 aromatic carbocycles. The molecule has 2 aliphatic rings. The van der Waals surface area contributed by atoms with E-state index in [0.717, 1.165) is 62.7 Å². The Kier molecular flexibility index (Phi) is 5.22. The topological polar surface area (TPSA) is 74.4 Å². The molecule has 2 aromatic heterocycles. The zero-order valence-corrected chi connectivity index (χ0v) is 15.3. The van der Waals surface area contributed by atoms with Gasteiger partial charge in [0, 0.05) is 31.9 Å². The summed E-state index contributed by atoms with van der Waals surface area (Å²) < 4.78 is 5.94. The molecule has 1 saturated carbocycles. The summed E-state index contributed by atoms with van der Waals surface area (Å²) in [5.74, 6) is 4.06. The van der Waals surface area contributed by atoms with Crippen molar-refractivity contribution in [1.29, 1.82) is 0 Å². The highest BCUT2D eigenvalue weighted by atomic mass is 16.3. The van der Waals surface area contributed by atoms with Crippen LogP contribution in [0.4, 0.5) is 5.82 Å². The molecule has 26 heavy (non-hydrogen) atoms. The second kappa shape index (κ2) is 7.76. The number of aryl methyl sites for hydroxylation is 1.